The van der Waals surface area contributed by atoms with Crippen molar-refractivity contribution < 1.29 is 4.90 Å². The van der Waals surface area contributed by atoms with Gasteiger partial charge in [0, 0.05) is 31.5 Å². The van der Waals surface area contributed by atoms with Gasteiger partial charge in [-0.05, 0) is 12.2 Å². The van der Waals surface area contributed by atoms with Crippen molar-refractivity contribution >= 4 is 17.3 Å². The normalized spacial score (nSPS) is 23.4. The van der Waals surface area contributed by atoms with E-state index < -0.39 is 0 Å². The molecule has 0 aromatic heterocycles. The van der Waals surface area contributed by atoms with Crippen LogP contribution < -0.4 is 15.5 Å². The quantitative estimate of drug-likeness (QED) is 0.687. The Labute approximate surface area is 115 Å². The van der Waals surface area contributed by atoms with Gasteiger partial charge in [0.05, 0.1) is 13.1 Å². The van der Waals surface area contributed by atoms with Gasteiger partial charge < -0.3 is 15.5 Å². The number of piperidine rings is 1. The Hall–Kier alpha value is -1.13. The topological polar surface area (TPSA) is 28.5 Å². The van der Waals surface area contributed by atoms with Gasteiger partial charge in [-0.15, -0.1) is 0 Å². The van der Waals surface area contributed by atoms with E-state index in [2.05, 4.69) is 41.0 Å². The Morgan fingerprint density at radius 1 is 1.28 bits per heavy atom. The smallest absolute Gasteiger partial charge is 0.166 e. The number of thiocarbonyl (C=S) groups is 1. The summed E-state index contributed by atoms with van der Waals surface area (Å²) in [6, 6.07) is 11.3. The zero-order valence-electron chi connectivity index (χ0n) is 10.9. The number of quaternary nitrogens is 1. The fourth-order valence-electron chi connectivity index (χ4n) is 2.49. The fourth-order valence-corrected chi connectivity index (χ4v) is 2.66. The molecule has 1 saturated heterocycles. The second kappa shape index (κ2) is 6.71. The van der Waals surface area contributed by atoms with Crippen LogP contribution in [-0.4, -0.2) is 31.3 Å². The predicted molar refractivity (Wildman–Crippen MR) is 78.7 cm³/mol. The van der Waals surface area contributed by atoms with Gasteiger partial charge in [-0.2, -0.15) is 0 Å². The summed E-state index contributed by atoms with van der Waals surface area (Å²) in [6.07, 6.45) is 2.40. The van der Waals surface area contributed by atoms with Crippen molar-refractivity contribution in [2.75, 3.05) is 20.1 Å². The molecular weight excluding hydrogens is 242 g/mol. The number of benzene rings is 1. The summed E-state index contributed by atoms with van der Waals surface area (Å²) in [5, 5.41) is 7.11. The van der Waals surface area contributed by atoms with Crippen LogP contribution in [0.4, 0.5) is 0 Å². The van der Waals surface area contributed by atoms with Crippen LogP contribution in [0.25, 0.3) is 0 Å². The number of nitrogens with one attached hydrogen (secondary N) is 3. The Kier molecular flexibility index (Phi) is 4.96. The fraction of sp³-hybridized carbons (Fsp3) is 0.500. The highest BCUT2D eigenvalue weighted by Gasteiger charge is 2.22. The lowest BCUT2D eigenvalue weighted by Crippen LogP contribution is -3.12. The first kappa shape index (κ1) is 13.3. The van der Waals surface area contributed by atoms with Gasteiger partial charge in [0.2, 0.25) is 0 Å². The number of rotatable bonds is 3. The van der Waals surface area contributed by atoms with Crippen molar-refractivity contribution in [1.82, 2.24) is 10.6 Å². The lowest BCUT2D eigenvalue weighted by atomic mass is 10.0. The Balaban J connectivity index is 1.75. The third-order valence-corrected chi connectivity index (χ3v) is 3.87. The molecule has 0 unspecified atom stereocenters. The van der Waals surface area contributed by atoms with Gasteiger partial charge >= 0.3 is 0 Å². The molecule has 4 heteroatoms. The van der Waals surface area contributed by atoms with Crippen LogP contribution in [0, 0.1) is 0 Å². The van der Waals surface area contributed by atoms with Crippen molar-refractivity contribution in [2.45, 2.75) is 25.4 Å². The monoisotopic (exact) mass is 264 g/mol. The van der Waals surface area contributed by atoms with Crippen LogP contribution in [0.5, 0.6) is 0 Å². The van der Waals surface area contributed by atoms with Crippen LogP contribution in [0.3, 0.4) is 0 Å². The first-order valence-corrected chi connectivity index (χ1v) is 7.04. The first-order valence-electron chi connectivity index (χ1n) is 6.63. The lowest BCUT2D eigenvalue weighted by Gasteiger charge is -2.30. The van der Waals surface area contributed by atoms with Gasteiger partial charge in [0.15, 0.2) is 5.11 Å². The summed E-state index contributed by atoms with van der Waals surface area (Å²) < 4.78 is 0. The summed E-state index contributed by atoms with van der Waals surface area (Å²) >= 11 is 5.14. The van der Waals surface area contributed by atoms with Gasteiger partial charge in [0.25, 0.3) is 0 Å². The first-order chi connectivity index (χ1) is 8.78. The van der Waals surface area contributed by atoms with Crippen LogP contribution in [0.1, 0.15) is 18.4 Å². The standard InChI is InChI=1S/C14H21N3S/c1-15-14(18)16-13-7-9-17(10-8-13)11-12-5-3-2-4-6-12/h2-6,13H,7-11H2,1H3,(H2,15,16,18)/p+1. The molecule has 0 aliphatic carbocycles. The van der Waals surface area contributed by atoms with E-state index in [0.717, 1.165) is 11.7 Å². The summed E-state index contributed by atoms with van der Waals surface area (Å²) in [4.78, 5) is 1.68. The van der Waals surface area contributed by atoms with Crippen LogP contribution in [0.2, 0.25) is 0 Å². The molecule has 0 bridgehead atoms. The Morgan fingerprint density at radius 2 is 1.94 bits per heavy atom. The van der Waals surface area contributed by atoms with E-state index in [1.807, 2.05) is 7.05 Å². The minimum Gasteiger partial charge on any atom is -0.366 e. The zero-order chi connectivity index (χ0) is 12.8. The van der Waals surface area contributed by atoms with Crippen molar-refractivity contribution in [2.24, 2.45) is 0 Å². The Morgan fingerprint density at radius 3 is 2.56 bits per heavy atom. The van der Waals surface area contributed by atoms with E-state index in [4.69, 9.17) is 12.2 Å². The van der Waals surface area contributed by atoms with Crippen LogP contribution in [-0.2, 0) is 6.54 Å². The van der Waals surface area contributed by atoms with Crippen molar-refractivity contribution in [1.29, 1.82) is 0 Å². The molecule has 3 N–H and O–H groups in total. The largest absolute Gasteiger partial charge is 0.366 e. The van der Waals surface area contributed by atoms with Crippen molar-refractivity contribution in [3.05, 3.63) is 35.9 Å². The second-order valence-electron chi connectivity index (χ2n) is 4.91. The molecular formula is C14H22N3S+. The molecule has 0 radical (unpaired) electrons. The molecule has 98 valence electrons. The van der Waals surface area contributed by atoms with Gasteiger partial charge in [-0.3, -0.25) is 0 Å². The number of hydrogen-bond donors (Lipinski definition) is 3. The molecule has 1 aliphatic rings. The lowest BCUT2D eigenvalue weighted by molar-refractivity contribution is -0.918. The van der Waals surface area contributed by atoms with Gasteiger partial charge in [-0.25, -0.2) is 0 Å². The SMILES string of the molecule is CNC(=S)NC1CC[NH+](Cc2ccccc2)CC1. The highest BCUT2D eigenvalue weighted by atomic mass is 32.1. The van der Waals surface area contributed by atoms with Crippen molar-refractivity contribution in [3.63, 3.8) is 0 Å². The number of hydrogen-bond acceptors (Lipinski definition) is 1. The molecule has 0 amide bonds. The molecule has 1 heterocycles. The molecule has 1 aliphatic heterocycles. The molecule has 2 rings (SSSR count). The van der Waals surface area contributed by atoms with E-state index in [0.29, 0.717) is 6.04 Å². The molecule has 0 atom stereocenters. The number of likely N-dealkylation sites (tertiary alicyclic amines) is 1. The highest BCUT2D eigenvalue weighted by Crippen LogP contribution is 2.01. The van der Waals surface area contributed by atoms with E-state index in [1.165, 1.54) is 31.5 Å². The molecule has 3 nitrogen and oxygen atoms in total. The van der Waals surface area contributed by atoms with Crippen LogP contribution in [0.15, 0.2) is 30.3 Å². The third-order valence-electron chi connectivity index (χ3n) is 3.55. The summed E-state index contributed by atoms with van der Waals surface area (Å²) in [6.45, 7) is 3.59. The van der Waals surface area contributed by atoms with Gasteiger partial charge in [-0.1, -0.05) is 30.3 Å². The molecule has 1 aromatic carbocycles. The maximum atomic E-state index is 5.14. The Bertz CT molecular complexity index is 372. The second-order valence-corrected chi connectivity index (χ2v) is 5.32. The van der Waals surface area contributed by atoms with E-state index in [-0.39, 0.29) is 0 Å². The summed E-state index contributed by atoms with van der Waals surface area (Å²) in [5.74, 6) is 0. The van der Waals surface area contributed by atoms with E-state index in [1.54, 1.807) is 4.90 Å². The third kappa shape index (κ3) is 3.96. The minimum atomic E-state index is 0.546. The molecule has 1 aromatic rings. The zero-order valence-corrected chi connectivity index (χ0v) is 11.7. The minimum absolute atomic E-state index is 0.546. The van der Waals surface area contributed by atoms with E-state index in [9.17, 15) is 0 Å². The van der Waals surface area contributed by atoms with Crippen molar-refractivity contribution in [3.8, 4) is 0 Å². The summed E-state index contributed by atoms with van der Waals surface area (Å²) in [5.41, 5.74) is 1.43. The predicted octanol–water partition coefficient (Wildman–Crippen LogP) is 0.328. The molecule has 18 heavy (non-hydrogen) atoms. The van der Waals surface area contributed by atoms with E-state index >= 15 is 0 Å². The maximum Gasteiger partial charge on any atom is 0.166 e. The molecule has 1 fully saturated rings. The average Bonchev–Trinajstić information content (AvgIpc) is 2.42. The molecule has 0 spiro atoms. The van der Waals surface area contributed by atoms with Gasteiger partial charge in [0.1, 0.15) is 6.54 Å². The highest BCUT2D eigenvalue weighted by molar-refractivity contribution is 7.80. The maximum absolute atomic E-state index is 5.14. The average molecular weight is 264 g/mol. The van der Waals surface area contributed by atoms with Crippen LogP contribution >= 0.6 is 12.2 Å². The summed E-state index contributed by atoms with van der Waals surface area (Å²) in [7, 11) is 1.87. The molecule has 0 saturated carbocycles.